The second-order valence-corrected chi connectivity index (χ2v) is 9.92. The standard InChI is InChI=1S/C28H33NO4/c1-16-9-8-12-21-26(32)19(4)18(3)24-22(15-20-10-6-5-7-11-20)29-27(33)28(21,24)23(30)14-13-17(2)25(16)31/h5-8,10-14,16-17,21-24,30H,9,15H2,1-4H3,(H,29,33)/b12-8-,14-13-/t16-,17-,21-,22-,23+,24-,28+/m0/s1. The summed E-state index contributed by atoms with van der Waals surface area (Å²) in [6, 6.07) is 9.69. The fraction of sp³-hybridized carbons (Fsp3) is 0.464. The number of Topliss-reactive ketones (excluding diaryl/α,β-unsaturated/α-hetero) is 2. The summed E-state index contributed by atoms with van der Waals surface area (Å²) in [6.45, 7) is 7.41. The second kappa shape index (κ2) is 8.86. The van der Waals surface area contributed by atoms with Gasteiger partial charge in [0.25, 0.3) is 0 Å². The SMILES string of the molecule is CC1=C(C)[C@H]2[C@H](Cc3ccccc3)NC(=O)[C@]23[C@H](O)/C=C\[C@H](C)C(=O)[C@@H](C)C/C=C\[C@H]3C1=O. The number of rotatable bonds is 2. The summed E-state index contributed by atoms with van der Waals surface area (Å²) >= 11 is 0. The van der Waals surface area contributed by atoms with Crippen LogP contribution in [0.4, 0.5) is 0 Å². The van der Waals surface area contributed by atoms with Crippen molar-refractivity contribution in [2.75, 3.05) is 0 Å². The summed E-state index contributed by atoms with van der Waals surface area (Å²) in [5.41, 5.74) is 1.25. The third-order valence-electron chi connectivity index (χ3n) is 7.97. The van der Waals surface area contributed by atoms with Crippen LogP contribution < -0.4 is 5.32 Å². The number of ketones is 2. The predicted molar refractivity (Wildman–Crippen MR) is 127 cm³/mol. The highest BCUT2D eigenvalue weighted by atomic mass is 16.3. The molecule has 1 saturated heterocycles. The fourth-order valence-corrected chi connectivity index (χ4v) is 6.02. The molecule has 1 aromatic carbocycles. The summed E-state index contributed by atoms with van der Waals surface area (Å²) in [5, 5.41) is 14.7. The minimum absolute atomic E-state index is 0.0802. The molecule has 5 heteroatoms. The van der Waals surface area contributed by atoms with Gasteiger partial charge >= 0.3 is 0 Å². The molecule has 1 aromatic rings. The molecule has 174 valence electrons. The molecule has 0 saturated carbocycles. The number of hydrogen-bond acceptors (Lipinski definition) is 4. The first-order chi connectivity index (χ1) is 15.7. The number of carbonyl (C=O) groups is 3. The first-order valence-corrected chi connectivity index (χ1v) is 11.8. The molecule has 0 aromatic heterocycles. The van der Waals surface area contributed by atoms with Crippen LogP contribution in [0.25, 0.3) is 0 Å². The molecule has 0 unspecified atom stereocenters. The maximum atomic E-state index is 13.8. The highest BCUT2D eigenvalue weighted by Gasteiger charge is 2.66. The van der Waals surface area contributed by atoms with E-state index in [0.717, 1.165) is 11.1 Å². The van der Waals surface area contributed by atoms with Crippen molar-refractivity contribution < 1.29 is 19.5 Å². The average Bonchev–Trinajstić information content (AvgIpc) is 3.09. The van der Waals surface area contributed by atoms with Crippen LogP contribution in [-0.2, 0) is 20.8 Å². The van der Waals surface area contributed by atoms with Crippen molar-refractivity contribution in [2.24, 2.45) is 29.1 Å². The summed E-state index contributed by atoms with van der Waals surface area (Å²) in [7, 11) is 0. The van der Waals surface area contributed by atoms with Gasteiger partial charge in [0, 0.05) is 23.8 Å². The molecule has 1 amide bonds. The van der Waals surface area contributed by atoms with E-state index in [0.29, 0.717) is 18.4 Å². The van der Waals surface area contributed by atoms with Crippen molar-refractivity contribution in [1.82, 2.24) is 5.32 Å². The monoisotopic (exact) mass is 447 g/mol. The van der Waals surface area contributed by atoms with Gasteiger partial charge in [0.2, 0.25) is 5.91 Å². The molecule has 2 aliphatic carbocycles. The van der Waals surface area contributed by atoms with Crippen LogP contribution in [-0.4, -0.2) is 34.7 Å². The van der Waals surface area contributed by atoms with E-state index in [1.54, 1.807) is 18.2 Å². The third kappa shape index (κ3) is 3.72. The lowest BCUT2D eigenvalue weighted by Gasteiger charge is -2.45. The zero-order valence-electron chi connectivity index (χ0n) is 19.7. The number of benzene rings is 1. The Balaban J connectivity index is 1.88. The number of amides is 1. The first kappa shape index (κ1) is 23.4. The molecule has 0 bridgehead atoms. The lowest BCUT2D eigenvalue weighted by Crippen LogP contribution is -2.55. The Hall–Kier alpha value is -2.79. The number of nitrogens with one attached hydrogen (secondary N) is 1. The van der Waals surface area contributed by atoms with E-state index < -0.39 is 17.4 Å². The molecular weight excluding hydrogens is 414 g/mol. The number of allylic oxidation sites excluding steroid dienone is 4. The van der Waals surface area contributed by atoms with Gasteiger partial charge in [0.1, 0.15) is 11.2 Å². The van der Waals surface area contributed by atoms with E-state index >= 15 is 0 Å². The van der Waals surface area contributed by atoms with Crippen molar-refractivity contribution in [3.05, 3.63) is 71.3 Å². The van der Waals surface area contributed by atoms with Gasteiger partial charge < -0.3 is 10.4 Å². The Morgan fingerprint density at radius 1 is 1.03 bits per heavy atom. The van der Waals surface area contributed by atoms with Crippen LogP contribution in [0.3, 0.4) is 0 Å². The lowest BCUT2D eigenvalue weighted by atomic mass is 9.55. The van der Waals surface area contributed by atoms with Crippen molar-refractivity contribution in [1.29, 1.82) is 0 Å². The number of aliphatic hydroxyl groups excluding tert-OH is 1. The third-order valence-corrected chi connectivity index (χ3v) is 7.97. The maximum Gasteiger partial charge on any atom is 0.231 e. The highest BCUT2D eigenvalue weighted by molar-refractivity contribution is 6.06. The van der Waals surface area contributed by atoms with Gasteiger partial charge in [-0.1, -0.05) is 74.1 Å². The lowest BCUT2D eigenvalue weighted by molar-refractivity contribution is -0.144. The number of carbonyl (C=O) groups excluding carboxylic acids is 3. The van der Waals surface area contributed by atoms with Crippen LogP contribution in [0.1, 0.15) is 39.7 Å². The number of aliphatic hydroxyl groups is 1. The molecular formula is C28H33NO4. The zero-order chi connectivity index (χ0) is 23.9. The van der Waals surface area contributed by atoms with Crippen molar-refractivity contribution in [3.63, 3.8) is 0 Å². The molecule has 1 aliphatic heterocycles. The Bertz CT molecular complexity index is 1050. The maximum absolute atomic E-state index is 13.8. The van der Waals surface area contributed by atoms with E-state index in [4.69, 9.17) is 0 Å². The Morgan fingerprint density at radius 2 is 1.73 bits per heavy atom. The average molecular weight is 448 g/mol. The zero-order valence-corrected chi connectivity index (χ0v) is 19.7. The normalized spacial score (nSPS) is 38.8. The molecule has 7 atom stereocenters. The topological polar surface area (TPSA) is 83.5 Å². The highest BCUT2D eigenvalue weighted by Crippen LogP contribution is 2.55. The van der Waals surface area contributed by atoms with Crippen molar-refractivity contribution in [3.8, 4) is 0 Å². The van der Waals surface area contributed by atoms with Crippen LogP contribution >= 0.6 is 0 Å². The summed E-state index contributed by atoms with van der Waals surface area (Å²) in [4.78, 5) is 40.0. The van der Waals surface area contributed by atoms with Crippen molar-refractivity contribution in [2.45, 2.75) is 52.7 Å². The first-order valence-electron chi connectivity index (χ1n) is 11.8. The largest absolute Gasteiger partial charge is 0.388 e. The van der Waals surface area contributed by atoms with Gasteiger partial charge in [-0.2, -0.15) is 0 Å². The van der Waals surface area contributed by atoms with E-state index in [-0.39, 0.29) is 41.3 Å². The van der Waals surface area contributed by atoms with Gasteiger partial charge in [0.05, 0.1) is 12.0 Å². The molecule has 1 heterocycles. The second-order valence-electron chi connectivity index (χ2n) is 9.92. The summed E-state index contributed by atoms with van der Waals surface area (Å²) < 4.78 is 0. The van der Waals surface area contributed by atoms with Crippen LogP contribution in [0.5, 0.6) is 0 Å². The minimum atomic E-state index is -1.34. The fourth-order valence-electron chi connectivity index (χ4n) is 6.02. The van der Waals surface area contributed by atoms with Crippen LogP contribution in [0.2, 0.25) is 0 Å². The summed E-state index contributed by atoms with van der Waals surface area (Å²) in [6.07, 6.45) is 6.78. The van der Waals surface area contributed by atoms with Gasteiger partial charge in [0.15, 0.2) is 5.78 Å². The van der Waals surface area contributed by atoms with E-state index in [2.05, 4.69) is 5.32 Å². The van der Waals surface area contributed by atoms with E-state index in [9.17, 15) is 19.5 Å². The van der Waals surface area contributed by atoms with E-state index in [1.165, 1.54) is 0 Å². The molecule has 0 radical (unpaired) electrons. The van der Waals surface area contributed by atoms with Gasteiger partial charge in [-0.3, -0.25) is 14.4 Å². The quantitative estimate of drug-likeness (QED) is 0.679. The Morgan fingerprint density at radius 3 is 2.42 bits per heavy atom. The molecule has 5 nitrogen and oxygen atoms in total. The van der Waals surface area contributed by atoms with E-state index in [1.807, 2.05) is 64.1 Å². The molecule has 2 N–H and O–H groups in total. The Labute approximate surface area is 195 Å². The van der Waals surface area contributed by atoms with Gasteiger partial charge in [-0.15, -0.1) is 0 Å². The minimum Gasteiger partial charge on any atom is -0.388 e. The van der Waals surface area contributed by atoms with Crippen molar-refractivity contribution >= 4 is 17.5 Å². The molecule has 33 heavy (non-hydrogen) atoms. The van der Waals surface area contributed by atoms with Crippen LogP contribution in [0.15, 0.2) is 65.8 Å². The molecule has 1 fully saturated rings. The predicted octanol–water partition coefficient (Wildman–Crippen LogP) is 3.58. The number of hydrogen-bond donors (Lipinski definition) is 2. The molecule has 3 aliphatic rings. The smallest absolute Gasteiger partial charge is 0.231 e. The van der Waals surface area contributed by atoms with Gasteiger partial charge in [-0.25, -0.2) is 0 Å². The molecule has 1 spiro atoms. The molecule has 4 rings (SSSR count). The van der Waals surface area contributed by atoms with Gasteiger partial charge in [-0.05, 0) is 37.8 Å². The van der Waals surface area contributed by atoms with Crippen LogP contribution in [0, 0.1) is 29.1 Å². The summed E-state index contributed by atoms with van der Waals surface area (Å²) in [5.74, 6) is -2.07. The Kier molecular flexibility index (Phi) is 6.28.